The smallest absolute Gasteiger partial charge is 0.280 e. The minimum Gasteiger partial charge on any atom is -0.395 e. The summed E-state index contributed by atoms with van der Waals surface area (Å²) >= 11 is 0. The lowest BCUT2D eigenvalue weighted by Gasteiger charge is -2.12. The monoisotopic (exact) mass is 351 g/mol. The molecule has 1 heterocycles. The number of hydrogen-bond acceptors (Lipinski definition) is 5. The molecule has 0 bridgehead atoms. The number of nitrogens with one attached hydrogen (secondary N) is 2. The van der Waals surface area contributed by atoms with E-state index in [1.165, 1.54) is 24.3 Å². The van der Waals surface area contributed by atoms with Crippen molar-refractivity contribution in [2.75, 3.05) is 5.32 Å². The molecule has 0 saturated carbocycles. The summed E-state index contributed by atoms with van der Waals surface area (Å²) in [4.78, 5) is 23.8. The van der Waals surface area contributed by atoms with Crippen LogP contribution in [0.25, 0.3) is 0 Å². The average Bonchev–Trinajstić information content (AvgIpc) is 2.53. The Morgan fingerprint density at radius 1 is 1.00 bits per heavy atom. The van der Waals surface area contributed by atoms with Gasteiger partial charge in [0.05, 0.1) is 11.4 Å². The van der Waals surface area contributed by atoms with Gasteiger partial charge in [-0.3, -0.25) is 9.59 Å². The molecule has 1 aromatic rings. The first kappa shape index (κ1) is 18.0. The third kappa shape index (κ3) is 4.82. The number of anilines is 1. The van der Waals surface area contributed by atoms with Crippen LogP contribution in [0.15, 0.2) is 40.9 Å². The van der Waals surface area contributed by atoms with Crippen LogP contribution in [-0.4, -0.2) is 20.2 Å². The van der Waals surface area contributed by atoms with E-state index in [1.54, 1.807) is 6.07 Å². The van der Waals surface area contributed by atoms with Gasteiger partial charge >= 0.3 is 0 Å². The highest BCUT2D eigenvalue weighted by Crippen LogP contribution is 2.21. The Balaban J connectivity index is 2.36. The molecule has 1 aliphatic heterocycles. The predicted molar refractivity (Wildman–Crippen MR) is 90.4 cm³/mol. The second-order valence-corrected chi connectivity index (χ2v) is 7.24. The van der Waals surface area contributed by atoms with Gasteiger partial charge in [-0.2, -0.15) is 0 Å². The lowest BCUT2D eigenvalue weighted by molar-refractivity contribution is -0.116. The zero-order chi connectivity index (χ0) is 17.6. The summed E-state index contributed by atoms with van der Waals surface area (Å²) in [6, 6.07) is 5.93. The van der Waals surface area contributed by atoms with Gasteiger partial charge in [0.15, 0.2) is 0 Å². The van der Waals surface area contributed by atoms with Crippen molar-refractivity contribution in [2.45, 2.75) is 43.4 Å². The maximum atomic E-state index is 12.4. The largest absolute Gasteiger partial charge is 0.395 e. The highest BCUT2D eigenvalue weighted by atomic mass is 32.2. The summed E-state index contributed by atoms with van der Waals surface area (Å²) in [5, 5.41) is 2.60. The fourth-order valence-electron chi connectivity index (χ4n) is 2.39. The summed E-state index contributed by atoms with van der Waals surface area (Å²) < 4.78 is 26.8. The molecular weight excluding hydrogens is 330 g/mol. The maximum absolute atomic E-state index is 12.4. The topological polar surface area (TPSA) is 118 Å². The molecule has 0 saturated heterocycles. The van der Waals surface area contributed by atoms with Crippen LogP contribution >= 0.6 is 0 Å². The molecule has 8 heteroatoms. The van der Waals surface area contributed by atoms with Gasteiger partial charge in [0.2, 0.25) is 5.91 Å². The van der Waals surface area contributed by atoms with E-state index in [4.69, 9.17) is 5.73 Å². The van der Waals surface area contributed by atoms with Gasteiger partial charge in [-0.1, -0.05) is 31.1 Å². The van der Waals surface area contributed by atoms with Crippen LogP contribution in [0.1, 0.15) is 38.5 Å². The van der Waals surface area contributed by atoms with Crippen molar-refractivity contribution in [3.05, 3.63) is 36.0 Å². The average molecular weight is 351 g/mol. The van der Waals surface area contributed by atoms with E-state index in [1.807, 2.05) is 4.72 Å². The summed E-state index contributed by atoms with van der Waals surface area (Å²) in [5.41, 5.74) is 5.65. The minimum atomic E-state index is -4.14. The number of fused-ring (bicyclic) bond motifs is 1. The number of para-hydroxylation sites is 1. The molecule has 0 radical (unpaired) electrons. The van der Waals surface area contributed by atoms with E-state index in [0.717, 1.165) is 25.7 Å². The number of hydrogen-bond donors (Lipinski definition) is 3. The van der Waals surface area contributed by atoms with Gasteiger partial charge in [-0.15, -0.1) is 0 Å². The van der Waals surface area contributed by atoms with Crippen LogP contribution in [0.5, 0.6) is 0 Å². The molecule has 24 heavy (non-hydrogen) atoms. The van der Waals surface area contributed by atoms with Crippen LogP contribution in [-0.2, 0) is 19.6 Å². The van der Waals surface area contributed by atoms with Crippen molar-refractivity contribution in [3.63, 3.8) is 0 Å². The summed E-state index contributed by atoms with van der Waals surface area (Å²) in [7, 11) is -4.14. The second-order valence-electron chi connectivity index (χ2n) is 5.59. The molecule has 0 spiro atoms. The first-order valence-electron chi connectivity index (χ1n) is 7.82. The first-order valence-corrected chi connectivity index (χ1v) is 9.30. The minimum absolute atomic E-state index is 0.130. The van der Waals surface area contributed by atoms with Gasteiger partial charge in [-0.25, -0.2) is 13.1 Å². The Bertz CT molecular complexity index is 756. The first-order chi connectivity index (χ1) is 11.4. The Kier molecular flexibility index (Phi) is 5.97. The Labute approximate surface area is 141 Å². The number of rotatable bonds is 0. The van der Waals surface area contributed by atoms with Crippen LogP contribution in [0.4, 0.5) is 5.69 Å². The normalized spacial score (nSPS) is 19.8. The van der Waals surface area contributed by atoms with E-state index in [9.17, 15) is 18.0 Å². The molecular formula is C16H21N3O4S. The lowest BCUT2D eigenvalue weighted by atomic mass is 10.1. The molecule has 0 aliphatic carbocycles. The highest BCUT2D eigenvalue weighted by molar-refractivity contribution is 7.90. The molecule has 1 aliphatic rings. The van der Waals surface area contributed by atoms with Gasteiger partial charge in [0.25, 0.3) is 15.9 Å². The quantitative estimate of drug-likeness (QED) is 0.656. The Hall–Kier alpha value is -2.35. The number of benzene rings is 1. The number of amides is 2. The van der Waals surface area contributed by atoms with Crippen LogP contribution < -0.4 is 15.8 Å². The standard InChI is InChI=1S/C16H21N3O4S/c17-12-8-4-2-1-3-5-11-15(20)18-13-9-6-7-10-14(13)24(22,23)19-16(12)21/h6-10H,1-5,11,17H2,(H,18,20)(H,19,21). The third-order valence-electron chi connectivity index (χ3n) is 3.66. The van der Waals surface area contributed by atoms with Crippen LogP contribution in [0.2, 0.25) is 0 Å². The summed E-state index contributed by atoms with van der Waals surface area (Å²) in [5.74, 6) is -1.12. The molecule has 0 fully saturated rings. The van der Waals surface area contributed by atoms with E-state index < -0.39 is 15.9 Å². The Morgan fingerprint density at radius 2 is 1.71 bits per heavy atom. The van der Waals surface area contributed by atoms with Crippen molar-refractivity contribution >= 4 is 27.5 Å². The zero-order valence-corrected chi connectivity index (χ0v) is 14.1. The van der Waals surface area contributed by atoms with Crippen LogP contribution in [0.3, 0.4) is 0 Å². The van der Waals surface area contributed by atoms with Gasteiger partial charge in [-0.05, 0) is 31.4 Å². The van der Waals surface area contributed by atoms with E-state index in [2.05, 4.69) is 5.32 Å². The zero-order valence-electron chi connectivity index (χ0n) is 13.2. The number of carbonyl (C=O) groups excluding carboxylic acids is 2. The van der Waals surface area contributed by atoms with E-state index in [0.29, 0.717) is 12.8 Å². The molecule has 130 valence electrons. The molecule has 2 rings (SSSR count). The fraction of sp³-hybridized carbons (Fsp3) is 0.375. The molecule has 0 unspecified atom stereocenters. The molecule has 1 aromatic carbocycles. The fourth-order valence-corrected chi connectivity index (χ4v) is 3.52. The van der Waals surface area contributed by atoms with Gasteiger partial charge < -0.3 is 11.1 Å². The third-order valence-corrected chi connectivity index (χ3v) is 5.05. The van der Waals surface area contributed by atoms with E-state index >= 15 is 0 Å². The van der Waals surface area contributed by atoms with Crippen molar-refractivity contribution in [2.24, 2.45) is 5.73 Å². The molecule has 2 amide bonds. The van der Waals surface area contributed by atoms with Crippen molar-refractivity contribution in [1.82, 2.24) is 4.72 Å². The number of allylic oxidation sites excluding steroid dienone is 1. The number of carbonyl (C=O) groups is 2. The molecule has 0 atom stereocenters. The summed E-state index contributed by atoms with van der Waals surface area (Å²) in [6.07, 6.45) is 5.77. The van der Waals surface area contributed by atoms with Crippen molar-refractivity contribution in [3.8, 4) is 0 Å². The molecule has 0 aromatic heterocycles. The Morgan fingerprint density at radius 3 is 2.50 bits per heavy atom. The van der Waals surface area contributed by atoms with E-state index in [-0.39, 0.29) is 22.2 Å². The molecule has 4 N–H and O–H groups in total. The van der Waals surface area contributed by atoms with Crippen LogP contribution in [0, 0.1) is 0 Å². The number of sulfonamides is 1. The SMILES string of the molecule is NC1=CCCCCCCC(=O)Nc2ccccc2S(=O)(=O)NC1=O. The highest BCUT2D eigenvalue weighted by Gasteiger charge is 2.22. The lowest BCUT2D eigenvalue weighted by Crippen LogP contribution is -2.34. The summed E-state index contributed by atoms with van der Waals surface area (Å²) in [6.45, 7) is 0. The maximum Gasteiger partial charge on any atom is 0.280 e. The number of nitrogens with two attached hydrogens (primary N) is 1. The van der Waals surface area contributed by atoms with Gasteiger partial charge in [0, 0.05) is 6.42 Å². The van der Waals surface area contributed by atoms with Gasteiger partial charge in [0.1, 0.15) is 4.90 Å². The second kappa shape index (κ2) is 7.96. The predicted octanol–water partition coefficient (Wildman–Crippen LogP) is 1.63. The molecule has 7 nitrogen and oxygen atoms in total. The van der Waals surface area contributed by atoms with Crippen molar-refractivity contribution in [1.29, 1.82) is 0 Å². The van der Waals surface area contributed by atoms with Crippen molar-refractivity contribution < 1.29 is 18.0 Å².